The van der Waals surface area contributed by atoms with Crippen molar-refractivity contribution in [3.63, 3.8) is 0 Å². The maximum absolute atomic E-state index is 10.7. The molecule has 20 heavy (non-hydrogen) atoms. The van der Waals surface area contributed by atoms with E-state index in [2.05, 4.69) is 6.07 Å². The van der Waals surface area contributed by atoms with Gasteiger partial charge in [-0.3, -0.25) is 4.79 Å². The summed E-state index contributed by atoms with van der Waals surface area (Å²) in [7, 11) is 0. The summed E-state index contributed by atoms with van der Waals surface area (Å²) in [6.07, 6.45) is -0.0198. The quantitative estimate of drug-likeness (QED) is 0.904. The van der Waals surface area contributed by atoms with Crippen LogP contribution in [0.15, 0.2) is 48.5 Å². The summed E-state index contributed by atoms with van der Waals surface area (Å²) in [5, 5.41) is 17.5. The van der Waals surface area contributed by atoms with Gasteiger partial charge in [0.05, 0.1) is 18.1 Å². The highest BCUT2D eigenvalue weighted by atomic mass is 16.5. The fraction of sp³-hybridized carbons (Fsp3) is 0.125. The minimum Gasteiger partial charge on any atom is -0.489 e. The average molecular weight is 267 g/mol. The zero-order valence-electron chi connectivity index (χ0n) is 10.7. The maximum Gasteiger partial charge on any atom is 0.307 e. The van der Waals surface area contributed by atoms with Gasteiger partial charge in [-0.1, -0.05) is 24.3 Å². The molecule has 0 amide bonds. The van der Waals surface area contributed by atoms with E-state index in [0.717, 1.165) is 5.56 Å². The zero-order valence-corrected chi connectivity index (χ0v) is 10.7. The third-order valence-electron chi connectivity index (χ3n) is 2.74. The van der Waals surface area contributed by atoms with E-state index in [1.54, 1.807) is 36.4 Å². The van der Waals surface area contributed by atoms with Crippen molar-refractivity contribution in [3.8, 4) is 11.8 Å². The number of nitriles is 1. The zero-order chi connectivity index (χ0) is 14.4. The lowest BCUT2D eigenvalue weighted by molar-refractivity contribution is -0.136. The molecule has 0 heterocycles. The van der Waals surface area contributed by atoms with Crippen molar-refractivity contribution >= 4 is 5.97 Å². The summed E-state index contributed by atoms with van der Waals surface area (Å²) in [5.41, 5.74) is 2.26. The van der Waals surface area contributed by atoms with E-state index in [0.29, 0.717) is 23.5 Å². The molecule has 100 valence electrons. The predicted octanol–water partition coefficient (Wildman–Crippen LogP) is 2.76. The van der Waals surface area contributed by atoms with Crippen molar-refractivity contribution in [1.29, 1.82) is 5.26 Å². The minimum absolute atomic E-state index is 0.0198. The fourth-order valence-electron chi connectivity index (χ4n) is 1.76. The standard InChI is InChI=1S/C16H13NO3/c17-10-12-4-6-13(7-5-12)11-20-15-3-1-2-14(8-15)9-16(18)19/h1-8H,9,11H2,(H,18,19). The van der Waals surface area contributed by atoms with Crippen molar-refractivity contribution in [2.24, 2.45) is 0 Å². The molecule has 0 aliphatic heterocycles. The number of carbonyl (C=O) groups is 1. The number of carboxylic acids is 1. The molecule has 0 bridgehead atoms. The number of carboxylic acid groups (broad SMARTS) is 1. The molecule has 0 atom stereocenters. The first-order chi connectivity index (χ1) is 9.67. The Morgan fingerprint density at radius 1 is 1.15 bits per heavy atom. The smallest absolute Gasteiger partial charge is 0.307 e. The number of hydrogen-bond donors (Lipinski definition) is 1. The second-order valence-electron chi connectivity index (χ2n) is 4.32. The largest absolute Gasteiger partial charge is 0.489 e. The SMILES string of the molecule is N#Cc1ccc(COc2cccc(CC(=O)O)c2)cc1. The number of ether oxygens (including phenoxy) is 1. The van der Waals surface area contributed by atoms with Gasteiger partial charge in [0.1, 0.15) is 12.4 Å². The average Bonchev–Trinajstić information content (AvgIpc) is 2.45. The highest BCUT2D eigenvalue weighted by Gasteiger charge is 2.02. The Hall–Kier alpha value is -2.80. The lowest BCUT2D eigenvalue weighted by Crippen LogP contribution is -2.01. The van der Waals surface area contributed by atoms with Crippen LogP contribution in [0.3, 0.4) is 0 Å². The number of hydrogen-bond acceptors (Lipinski definition) is 3. The van der Waals surface area contributed by atoms with E-state index in [1.165, 1.54) is 0 Å². The van der Waals surface area contributed by atoms with Crippen LogP contribution in [0.25, 0.3) is 0 Å². The van der Waals surface area contributed by atoms with Gasteiger partial charge in [0.25, 0.3) is 0 Å². The van der Waals surface area contributed by atoms with E-state index < -0.39 is 5.97 Å². The monoisotopic (exact) mass is 267 g/mol. The van der Waals surface area contributed by atoms with Crippen LogP contribution in [0, 0.1) is 11.3 Å². The summed E-state index contributed by atoms with van der Waals surface area (Å²) in [5.74, 6) is -0.234. The molecule has 2 aromatic carbocycles. The first-order valence-electron chi connectivity index (χ1n) is 6.10. The van der Waals surface area contributed by atoms with Gasteiger partial charge in [-0.2, -0.15) is 5.26 Å². The third-order valence-corrected chi connectivity index (χ3v) is 2.74. The van der Waals surface area contributed by atoms with Crippen LogP contribution in [0.2, 0.25) is 0 Å². The van der Waals surface area contributed by atoms with Crippen LogP contribution in [0.5, 0.6) is 5.75 Å². The van der Waals surface area contributed by atoms with Crippen molar-refractivity contribution in [3.05, 3.63) is 65.2 Å². The molecule has 2 rings (SSSR count). The molecule has 0 saturated carbocycles. The van der Waals surface area contributed by atoms with Gasteiger partial charge in [-0.25, -0.2) is 0 Å². The van der Waals surface area contributed by atoms with E-state index in [9.17, 15) is 4.79 Å². The van der Waals surface area contributed by atoms with Crippen molar-refractivity contribution < 1.29 is 14.6 Å². The predicted molar refractivity (Wildman–Crippen MR) is 73.3 cm³/mol. The number of aliphatic carboxylic acids is 1. The van der Waals surface area contributed by atoms with Crippen molar-refractivity contribution in [1.82, 2.24) is 0 Å². The molecule has 0 radical (unpaired) electrons. The van der Waals surface area contributed by atoms with Gasteiger partial charge in [0.15, 0.2) is 0 Å². The molecule has 0 aromatic heterocycles. The topological polar surface area (TPSA) is 70.3 Å². The fourth-order valence-corrected chi connectivity index (χ4v) is 1.76. The summed E-state index contributed by atoms with van der Waals surface area (Å²) in [6, 6.07) is 16.2. The van der Waals surface area contributed by atoms with Gasteiger partial charge in [0.2, 0.25) is 0 Å². The Kier molecular flexibility index (Phi) is 4.35. The van der Waals surface area contributed by atoms with E-state index >= 15 is 0 Å². The van der Waals surface area contributed by atoms with E-state index in [4.69, 9.17) is 15.1 Å². The maximum atomic E-state index is 10.7. The molecule has 4 nitrogen and oxygen atoms in total. The van der Waals surface area contributed by atoms with Crippen LogP contribution in [0.4, 0.5) is 0 Å². The van der Waals surface area contributed by atoms with Crippen LogP contribution in [-0.4, -0.2) is 11.1 Å². The van der Waals surface area contributed by atoms with E-state index in [1.807, 2.05) is 12.1 Å². The summed E-state index contributed by atoms with van der Waals surface area (Å²) < 4.78 is 5.61. The molecule has 0 saturated heterocycles. The van der Waals surface area contributed by atoms with Crippen LogP contribution in [0.1, 0.15) is 16.7 Å². The minimum atomic E-state index is -0.866. The molecule has 2 aromatic rings. The van der Waals surface area contributed by atoms with Crippen molar-refractivity contribution in [2.75, 3.05) is 0 Å². The Morgan fingerprint density at radius 3 is 2.55 bits per heavy atom. The van der Waals surface area contributed by atoms with E-state index in [-0.39, 0.29) is 6.42 Å². The lowest BCUT2D eigenvalue weighted by atomic mass is 10.1. The van der Waals surface area contributed by atoms with Crippen molar-refractivity contribution in [2.45, 2.75) is 13.0 Å². The summed E-state index contributed by atoms with van der Waals surface area (Å²) >= 11 is 0. The van der Waals surface area contributed by atoms with Crippen LogP contribution >= 0.6 is 0 Å². The Morgan fingerprint density at radius 2 is 1.90 bits per heavy atom. The number of nitrogens with zero attached hydrogens (tertiary/aromatic N) is 1. The molecule has 4 heteroatoms. The highest BCUT2D eigenvalue weighted by Crippen LogP contribution is 2.16. The second-order valence-corrected chi connectivity index (χ2v) is 4.32. The molecule has 0 unspecified atom stereocenters. The first-order valence-corrected chi connectivity index (χ1v) is 6.10. The summed E-state index contributed by atoms with van der Waals surface area (Å²) in [4.78, 5) is 10.7. The van der Waals surface area contributed by atoms with Gasteiger partial charge < -0.3 is 9.84 Å². The van der Waals surface area contributed by atoms with Gasteiger partial charge >= 0.3 is 5.97 Å². The van der Waals surface area contributed by atoms with Crippen LogP contribution < -0.4 is 4.74 Å². The number of benzene rings is 2. The van der Waals surface area contributed by atoms with Gasteiger partial charge in [-0.05, 0) is 35.4 Å². The molecule has 0 spiro atoms. The highest BCUT2D eigenvalue weighted by molar-refractivity contribution is 5.70. The Balaban J connectivity index is 1.99. The Labute approximate surface area is 116 Å². The molecule has 0 aliphatic rings. The van der Waals surface area contributed by atoms with Crippen LogP contribution in [-0.2, 0) is 17.8 Å². The summed E-state index contributed by atoms with van der Waals surface area (Å²) in [6.45, 7) is 0.377. The normalized spacial score (nSPS) is 9.75. The third kappa shape index (κ3) is 3.85. The molecule has 0 aliphatic carbocycles. The lowest BCUT2D eigenvalue weighted by Gasteiger charge is -2.07. The Bertz CT molecular complexity index is 642. The molecular formula is C16H13NO3. The second kappa shape index (κ2) is 6.39. The molecule has 1 N–H and O–H groups in total. The number of rotatable bonds is 5. The van der Waals surface area contributed by atoms with Gasteiger partial charge in [0, 0.05) is 0 Å². The van der Waals surface area contributed by atoms with Gasteiger partial charge in [-0.15, -0.1) is 0 Å². The first kappa shape index (κ1) is 13.6. The molecule has 0 fully saturated rings. The molecular weight excluding hydrogens is 254 g/mol.